The third-order valence-electron chi connectivity index (χ3n) is 2.04. The van der Waals surface area contributed by atoms with Gasteiger partial charge in [-0.05, 0) is 24.3 Å². The number of carbonyl (C=O) groups is 1. The summed E-state index contributed by atoms with van der Waals surface area (Å²) in [4.78, 5) is 16.5. The highest BCUT2D eigenvalue weighted by atomic mass is 32.1. The monoisotopic (exact) mass is 252 g/mol. The van der Waals surface area contributed by atoms with Gasteiger partial charge in [-0.2, -0.15) is 0 Å². The number of anilines is 1. The number of aromatic nitrogens is 1. The number of thiophene rings is 1. The minimum atomic E-state index is -0.0702. The van der Waals surface area contributed by atoms with Crippen molar-refractivity contribution in [3.63, 3.8) is 0 Å². The van der Waals surface area contributed by atoms with E-state index >= 15 is 0 Å². The Morgan fingerprint density at radius 3 is 3.00 bits per heavy atom. The van der Waals surface area contributed by atoms with Crippen LogP contribution in [-0.4, -0.2) is 10.9 Å². The highest BCUT2D eigenvalue weighted by Crippen LogP contribution is 2.18. The number of nitrogens with zero attached hydrogens (tertiary/aromatic N) is 1. The third-order valence-corrected chi connectivity index (χ3v) is 3.79. The fourth-order valence-electron chi connectivity index (χ4n) is 1.34. The molecule has 3 nitrogen and oxygen atoms in total. The van der Waals surface area contributed by atoms with Gasteiger partial charge in [0, 0.05) is 17.2 Å². The molecule has 0 aromatic carbocycles. The number of hydrogen-bond donors (Lipinski definition) is 1. The van der Waals surface area contributed by atoms with Gasteiger partial charge in [0.2, 0.25) is 5.91 Å². The standard InChI is InChI=1S/C11H12N2OS2/c1-8(14)12-11-13-9(7-16-11)4-5-10-3-2-6-15-10/h2-3,6-7H,4-5H2,1H3,(H,12,13,14). The summed E-state index contributed by atoms with van der Waals surface area (Å²) in [5.74, 6) is -0.0702. The molecule has 0 aliphatic rings. The summed E-state index contributed by atoms with van der Waals surface area (Å²) in [6.07, 6.45) is 1.94. The SMILES string of the molecule is CC(=O)Nc1nc(CCc2cccs2)cs1. The second-order valence-corrected chi connectivity index (χ2v) is 5.29. The van der Waals surface area contributed by atoms with Crippen LogP contribution >= 0.6 is 22.7 Å². The number of hydrogen-bond acceptors (Lipinski definition) is 4. The predicted molar refractivity (Wildman–Crippen MR) is 68.1 cm³/mol. The molecule has 0 aliphatic heterocycles. The summed E-state index contributed by atoms with van der Waals surface area (Å²) in [6.45, 7) is 1.49. The lowest BCUT2D eigenvalue weighted by Crippen LogP contribution is -2.05. The van der Waals surface area contributed by atoms with Crippen LogP contribution in [0.4, 0.5) is 5.13 Å². The van der Waals surface area contributed by atoms with E-state index in [1.54, 1.807) is 11.3 Å². The van der Waals surface area contributed by atoms with Gasteiger partial charge in [-0.25, -0.2) is 4.98 Å². The second-order valence-electron chi connectivity index (χ2n) is 3.40. The molecule has 2 rings (SSSR count). The maximum absolute atomic E-state index is 10.8. The Labute approximate surface area is 102 Å². The van der Waals surface area contributed by atoms with Gasteiger partial charge >= 0.3 is 0 Å². The van der Waals surface area contributed by atoms with Crippen molar-refractivity contribution in [3.8, 4) is 0 Å². The Hall–Kier alpha value is -1.20. The van der Waals surface area contributed by atoms with Crippen molar-refractivity contribution in [1.29, 1.82) is 0 Å². The van der Waals surface area contributed by atoms with E-state index in [0.29, 0.717) is 5.13 Å². The number of rotatable bonds is 4. The molecule has 84 valence electrons. The summed E-state index contributed by atoms with van der Waals surface area (Å²) < 4.78 is 0. The van der Waals surface area contributed by atoms with Crippen LogP contribution in [0, 0.1) is 0 Å². The highest BCUT2D eigenvalue weighted by molar-refractivity contribution is 7.14. The van der Waals surface area contributed by atoms with Crippen molar-refractivity contribution < 1.29 is 4.79 Å². The lowest BCUT2D eigenvalue weighted by Gasteiger charge is -1.95. The smallest absolute Gasteiger partial charge is 0.223 e. The maximum Gasteiger partial charge on any atom is 0.223 e. The van der Waals surface area contributed by atoms with E-state index in [0.717, 1.165) is 18.5 Å². The predicted octanol–water partition coefficient (Wildman–Crippen LogP) is 2.95. The van der Waals surface area contributed by atoms with Crippen molar-refractivity contribution in [2.24, 2.45) is 0 Å². The van der Waals surface area contributed by atoms with Crippen molar-refractivity contribution in [3.05, 3.63) is 33.5 Å². The van der Waals surface area contributed by atoms with Gasteiger partial charge in [-0.1, -0.05) is 6.07 Å². The van der Waals surface area contributed by atoms with E-state index in [1.807, 2.05) is 5.38 Å². The number of thiazole rings is 1. The van der Waals surface area contributed by atoms with E-state index < -0.39 is 0 Å². The Morgan fingerprint density at radius 1 is 1.44 bits per heavy atom. The minimum Gasteiger partial charge on any atom is -0.302 e. The molecule has 0 fully saturated rings. The Bertz CT molecular complexity index is 462. The van der Waals surface area contributed by atoms with E-state index in [-0.39, 0.29) is 5.91 Å². The zero-order chi connectivity index (χ0) is 11.4. The molecule has 2 heterocycles. The van der Waals surface area contributed by atoms with Crippen LogP contribution < -0.4 is 5.32 Å². The molecule has 0 atom stereocenters. The first-order valence-electron chi connectivity index (χ1n) is 4.98. The quantitative estimate of drug-likeness (QED) is 0.909. The lowest BCUT2D eigenvalue weighted by atomic mass is 10.2. The largest absolute Gasteiger partial charge is 0.302 e. The van der Waals surface area contributed by atoms with E-state index in [2.05, 4.69) is 27.8 Å². The summed E-state index contributed by atoms with van der Waals surface area (Å²) in [6, 6.07) is 4.19. The van der Waals surface area contributed by atoms with Crippen molar-refractivity contribution in [2.45, 2.75) is 19.8 Å². The molecule has 1 amide bonds. The first-order chi connectivity index (χ1) is 7.74. The van der Waals surface area contributed by atoms with E-state index in [1.165, 1.54) is 23.1 Å². The number of amides is 1. The van der Waals surface area contributed by atoms with Gasteiger partial charge in [0.1, 0.15) is 0 Å². The average molecular weight is 252 g/mol. The Morgan fingerprint density at radius 2 is 2.31 bits per heavy atom. The van der Waals surface area contributed by atoms with Crippen LogP contribution in [0.15, 0.2) is 22.9 Å². The molecule has 0 saturated carbocycles. The van der Waals surface area contributed by atoms with Gasteiger partial charge in [0.25, 0.3) is 0 Å². The minimum absolute atomic E-state index is 0.0702. The molecular formula is C11H12N2OS2. The van der Waals surface area contributed by atoms with Gasteiger partial charge in [-0.15, -0.1) is 22.7 Å². The number of nitrogens with one attached hydrogen (secondary N) is 1. The normalized spacial score (nSPS) is 10.3. The lowest BCUT2D eigenvalue weighted by molar-refractivity contribution is -0.114. The van der Waals surface area contributed by atoms with Crippen LogP contribution in [0.3, 0.4) is 0 Å². The van der Waals surface area contributed by atoms with Crippen LogP contribution in [0.2, 0.25) is 0 Å². The van der Waals surface area contributed by atoms with Crippen LogP contribution in [-0.2, 0) is 17.6 Å². The topological polar surface area (TPSA) is 42.0 Å². The van der Waals surface area contributed by atoms with E-state index in [9.17, 15) is 4.79 Å². The fourth-order valence-corrected chi connectivity index (χ4v) is 2.84. The molecule has 2 aromatic rings. The summed E-state index contributed by atoms with van der Waals surface area (Å²) in [5.41, 5.74) is 1.04. The summed E-state index contributed by atoms with van der Waals surface area (Å²) in [5, 5.41) is 7.46. The Kier molecular flexibility index (Phi) is 3.69. The molecule has 0 aliphatic carbocycles. The molecule has 1 N–H and O–H groups in total. The first-order valence-corrected chi connectivity index (χ1v) is 6.74. The first kappa shape index (κ1) is 11.3. The zero-order valence-corrected chi connectivity index (χ0v) is 10.5. The molecule has 0 saturated heterocycles. The molecule has 16 heavy (non-hydrogen) atoms. The van der Waals surface area contributed by atoms with Crippen LogP contribution in [0.1, 0.15) is 17.5 Å². The molecule has 5 heteroatoms. The molecule has 2 aromatic heterocycles. The van der Waals surface area contributed by atoms with Gasteiger partial charge < -0.3 is 5.32 Å². The molecule has 0 spiro atoms. The van der Waals surface area contributed by atoms with Crippen molar-refractivity contribution in [1.82, 2.24) is 4.98 Å². The average Bonchev–Trinajstić information content (AvgIpc) is 2.84. The highest BCUT2D eigenvalue weighted by Gasteiger charge is 2.03. The van der Waals surface area contributed by atoms with Gasteiger partial charge in [0.05, 0.1) is 5.69 Å². The third kappa shape index (κ3) is 3.15. The van der Waals surface area contributed by atoms with Crippen molar-refractivity contribution >= 4 is 33.7 Å². The van der Waals surface area contributed by atoms with Crippen LogP contribution in [0.5, 0.6) is 0 Å². The maximum atomic E-state index is 10.8. The van der Waals surface area contributed by atoms with Gasteiger partial charge in [-0.3, -0.25) is 4.79 Å². The zero-order valence-electron chi connectivity index (χ0n) is 8.90. The van der Waals surface area contributed by atoms with Gasteiger partial charge in [0.15, 0.2) is 5.13 Å². The second kappa shape index (κ2) is 5.23. The van der Waals surface area contributed by atoms with E-state index in [4.69, 9.17) is 0 Å². The van der Waals surface area contributed by atoms with Crippen LogP contribution in [0.25, 0.3) is 0 Å². The fraction of sp³-hybridized carbons (Fsp3) is 0.273. The Balaban J connectivity index is 1.90. The molecule has 0 bridgehead atoms. The number of carbonyl (C=O) groups excluding carboxylic acids is 1. The molecule has 0 unspecified atom stereocenters. The number of aryl methyl sites for hydroxylation is 2. The summed E-state index contributed by atoms with van der Waals surface area (Å²) >= 11 is 3.24. The van der Waals surface area contributed by atoms with Crippen molar-refractivity contribution in [2.75, 3.05) is 5.32 Å². The molecular weight excluding hydrogens is 240 g/mol. The summed E-state index contributed by atoms with van der Waals surface area (Å²) in [7, 11) is 0. The molecule has 0 radical (unpaired) electrons.